The lowest BCUT2D eigenvalue weighted by Crippen LogP contribution is -2.35. The van der Waals surface area contributed by atoms with Gasteiger partial charge in [-0.15, -0.1) is 0 Å². The summed E-state index contributed by atoms with van der Waals surface area (Å²) in [5, 5.41) is 1.90. The van der Waals surface area contributed by atoms with E-state index < -0.39 is 22.7 Å². The summed E-state index contributed by atoms with van der Waals surface area (Å²) in [6, 6.07) is 3.11. The van der Waals surface area contributed by atoms with E-state index in [0.29, 0.717) is 0 Å². The third kappa shape index (κ3) is 4.13. The third-order valence-corrected chi connectivity index (χ3v) is 3.57. The van der Waals surface area contributed by atoms with E-state index in [1.54, 1.807) is 0 Å². The topological polar surface area (TPSA) is 49.4 Å². The van der Waals surface area contributed by atoms with Gasteiger partial charge in [-0.2, -0.15) is 13.2 Å². The zero-order chi connectivity index (χ0) is 16.5. The van der Waals surface area contributed by atoms with Gasteiger partial charge >= 0.3 is 6.18 Å². The Morgan fingerprint density at radius 3 is 2.55 bits per heavy atom. The first-order valence-corrected chi connectivity index (χ1v) is 6.98. The molecule has 1 saturated carbocycles. The highest BCUT2D eigenvalue weighted by molar-refractivity contribution is 6.31. The van der Waals surface area contributed by atoms with Crippen LogP contribution >= 0.6 is 11.6 Å². The van der Waals surface area contributed by atoms with E-state index >= 15 is 0 Å². The molecule has 8 heteroatoms. The van der Waals surface area contributed by atoms with Crippen molar-refractivity contribution in [2.45, 2.75) is 19.0 Å². The van der Waals surface area contributed by atoms with Gasteiger partial charge in [-0.1, -0.05) is 11.6 Å². The quantitative estimate of drug-likeness (QED) is 0.919. The molecule has 1 aromatic rings. The molecule has 0 bridgehead atoms. The fraction of sp³-hybridized carbons (Fsp3) is 0.429. The standard InChI is InChI=1S/C14H14ClF3N2O2/c1-20(13(22)8-2-3-8)7-12(21)19-9-4-5-11(15)10(6-9)14(16,17)18/h4-6,8H,2-3,7H2,1H3,(H,19,21). The Balaban J connectivity index is 2.01. The van der Waals surface area contributed by atoms with Gasteiger partial charge in [0.2, 0.25) is 11.8 Å². The smallest absolute Gasteiger partial charge is 0.336 e. The fourth-order valence-corrected chi connectivity index (χ4v) is 2.18. The maximum atomic E-state index is 12.7. The number of hydrogen-bond donors (Lipinski definition) is 1. The van der Waals surface area contributed by atoms with Crippen molar-refractivity contribution in [1.29, 1.82) is 0 Å². The minimum atomic E-state index is -4.60. The van der Waals surface area contributed by atoms with Gasteiger partial charge < -0.3 is 10.2 Å². The Hall–Kier alpha value is -1.76. The number of carbonyl (C=O) groups excluding carboxylic acids is 2. The molecule has 1 fully saturated rings. The molecule has 1 aromatic carbocycles. The molecule has 0 saturated heterocycles. The second-order valence-corrected chi connectivity index (χ2v) is 5.62. The molecule has 22 heavy (non-hydrogen) atoms. The lowest BCUT2D eigenvalue weighted by atomic mass is 10.2. The summed E-state index contributed by atoms with van der Waals surface area (Å²) in [6.07, 6.45) is -2.97. The first-order chi connectivity index (χ1) is 10.2. The number of carbonyl (C=O) groups is 2. The van der Waals surface area contributed by atoms with E-state index in [2.05, 4.69) is 5.32 Å². The summed E-state index contributed by atoms with van der Waals surface area (Å²) in [6.45, 7) is -0.209. The number of hydrogen-bond acceptors (Lipinski definition) is 2. The molecule has 2 amide bonds. The maximum absolute atomic E-state index is 12.7. The summed E-state index contributed by atoms with van der Waals surface area (Å²) in [5.74, 6) is -0.709. The van der Waals surface area contributed by atoms with Crippen molar-refractivity contribution in [2.24, 2.45) is 5.92 Å². The molecule has 0 atom stereocenters. The van der Waals surface area contributed by atoms with E-state index in [4.69, 9.17) is 11.6 Å². The van der Waals surface area contributed by atoms with Crippen LogP contribution in [0.5, 0.6) is 0 Å². The van der Waals surface area contributed by atoms with Crippen LogP contribution in [0.2, 0.25) is 5.02 Å². The van der Waals surface area contributed by atoms with Gasteiger partial charge in [0.05, 0.1) is 17.1 Å². The molecular formula is C14H14ClF3N2O2. The number of anilines is 1. The average molecular weight is 335 g/mol. The molecule has 1 N–H and O–H groups in total. The van der Waals surface area contributed by atoms with Crippen molar-refractivity contribution in [3.8, 4) is 0 Å². The second-order valence-electron chi connectivity index (χ2n) is 5.21. The molecule has 1 aliphatic rings. The maximum Gasteiger partial charge on any atom is 0.417 e. The van der Waals surface area contributed by atoms with Crippen molar-refractivity contribution >= 4 is 29.1 Å². The highest BCUT2D eigenvalue weighted by Gasteiger charge is 2.34. The minimum absolute atomic E-state index is 0.0194. The number of amides is 2. The Bertz CT molecular complexity index is 600. The van der Waals surface area contributed by atoms with E-state index in [-0.39, 0.29) is 24.1 Å². The zero-order valence-corrected chi connectivity index (χ0v) is 12.5. The molecule has 2 rings (SSSR count). The molecule has 0 radical (unpaired) electrons. The number of rotatable bonds is 4. The van der Waals surface area contributed by atoms with Crippen molar-refractivity contribution in [3.05, 3.63) is 28.8 Å². The molecule has 120 valence electrons. The van der Waals surface area contributed by atoms with Gasteiger partial charge in [-0.25, -0.2) is 0 Å². The highest BCUT2D eigenvalue weighted by Crippen LogP contribution is 2.36. The number of halogens is 4. The first-order valence-electron chi connectivity index (χ1n) is 6.60. The summed E-state index contributed by atoms with van der Waals surface area (Å²) in [7, 11) is 1.49. The van der Waals surface area contributed by atoms with Crippen LogP contribution < -0.4 is 5.32 Å². The van der Waals surface area contributed by atoms with Crippen molar-refractivity contribution < 1.29 is 22.8 Å². The van der Waals surface area contributed by atoms with Gasteiger partial charge in [-0.3, -0.25) is 9.59 Å². The molecule has 4 nitrogen and oxygen atoms in total. The Kier molecular flexibility index (Phi) is 4.65. The summed E-state index contributed by atoms with van der Waals surface area (Å²) in [4.78, 5) is 24.8. The Morgan fingerprint density at radius 2 is 2.00 bits per heavy atom. The van der Waals surface area contributed by atoms with Crippen molar-refractivity contribution in [1.82, 2.24) is 4.90 Å². The van der Waals surface area contributed by atoms with Crippen LogP contribution in [-0.4, -0.2) is 30.3 Å². The van der Waals surface area contributed by atoms with Crippen LogP contribution in [-0.2, 0) is 15.8 Å². The van der Waals surface area contributed by atoms with E-state index in [9.17, 15) is 22.8 Å². The molecule has 0 unspecified atom stereocenters. The lowest BCUT2D eigenvalue weighted by Gasteiger charge is -2.17. The van der Waals surface area contributed by atoms with E-state index in [0.717, 1.165) is 25.0 Å². The van der Waals surface area contributed by atoms with Gasteiger partial charge in [0.15, 0.2) is 0 Å². The lowest BCUT2D eigenvalue weighted by molar-refractivity contribution is -0.137. The predicted molar refractivity (Wildman–Crippen MR) is 75.4 cm³/mol. The van der Waals surface area contributed by atoms with Crippen LogP contribution in [0, 0.1) is 5.92 Å². The SMILES string of the molecule is CN(CC(=O)Nc1ccc(Cl)c(C(F)(F)F)c1)C(=O)C1CC1. The van der Waals surface area contributed by atoms with Crippen LogP contribution in [0.25, 0.3) is 0 Å². The van der Waals surface area contributed by atoms with Crippen LogP contribution in [0.15, 0.2) is 18.2 Å². The third-order valence-electron chi connectivity index (χ3n) is 3.24. The van der Waals surface area contributed by atoms with Gasteiger partial charge in [0, 0.05) is 18.7 Å². The molecule has 1 aliphatic carbocycles. The Morgan fingerprint density at radius 1 is 1.36 bits per heavy atom. The van der Waals surface area contributed by atoms with Crippen molar-refractivity contribution in [3.63, 3.8) is 0 Å². The number of benzene rings is 1. The second kappa shape index (κ2) is 6.16. The number of likely N-dealkylation sites (N-methyl/N-ethyl adjacent to an activating group) is 1. The zero-order valence-electron chi connectivity index (χ0n) is 11.7. The number of nitrogens with one attached hydrogen (secondary N) is 1. The highest BCUT2D eigenvalue weighted by atomic mass is 35.5. The van der Waals surface area contributed by atoms with Gasteiger partial charge in [-0.05, 0) is 31.0 Å². The summed E-state index contributed by atoms with van der Waals surface area (Å²) >= 11 is 5.50. The van der Waals surface area contributed by atoms with Crippen LogP contribution in [0.4, 0.5) is 18.9 Å². The summed E-state index contributed by atoms with van der Waals surface area (Å²) in [5.41, 5.74) is -1.04. The normalized spacial score (nSPS) is 14.6. The average Bonchev–Trinajstić information content (AvgIpc) is 3.23. The number of nitrogens with zero attached hydrogens (tertiary/aromatic N) is 1. The molecule has 0 aliphatic heterocycles. The van der Waals surface area contributed by atoms with E-state index in [1.165, 1.54) is 18.0 Å². The van der Waals surface area contributed by atoms with Crippen LogP contribution in [0.3, 0.4) is 0 Å². The molecule has 0 heterocycles. The molecule has 0 spiro atoms. The molecule has 0 aromatic heterocycles. The van der Waals surface area contributed by atoms with Gasteiger partial charge in [0.1, 0.15) is 0 Å². The largest absolute Gasteiger partial charge is 0.417 e. The first kappa shape index (κ1) is 16.6. The summed E-state index contributed by atoms with van der Waals surface area (Å²) < 4.78 is 38.2. The number of alkyl halides is 3. The minimum Gasteiger partial charge on any atom is -0.336 e. The fourth-order valence-electron chi connectivity index (χ4n) is 1.96. The monoisotopic (exact) mass is 334 g/mol. The van der Waals surface area contributed by atoms with Gasteiger partial charge in [0.25, 0.3) is 0 Å². The molecular weight excluding hydrogens is 321 g/mol. The Labute approximate surface area is 130 Å². The predicted octanol–water partition coefficient (Wildman–Crippen LogP) is 3.17. The van der Waals surface area contributed by atoms with Crippen molar-refractivity contribution in [2.75, 3.05) is 18.9 Å². The van der Waals surface area contributed by atoms with E-state index in [1.807, 2.05) is 0 Å². The van der Waals surface area contributed by atoms with Crippen LogP contribution in [0.1, 0.15) is 18.4 Å².